The minimum absolute atomic E-state index is 0.750. The van der Waals surface area contributed by atoms with Gasteiger partial charge in [0.05, 0.1) is 0 Å². The van der Waals surface area contributed by atoms with Crippen LogP contribution < -0.4 is 5.32 Å². The standard InChI is InChI=1S/C17H24N2/c1-2-5-13(6-3-1)16-12-17(16)18-14-8-10-19-9-4-7-15(19)11-14/h1-3,5-6,14-18H,4,7-12H2. The topological polar surface area (TPSA) is 15.3 Å². The van der Waals surface area contributed by atoms with Gasteiger partial charge in [-0.3, -0.25) is 0 Å². The van der Waals surface area contributed by atoms with Gasteiger partial charge in [0.25, 0.3) is 0 Å². The zero-order chi connectivity index (χ0) is 12.7. The van der Waals surface area contributed by atoms with Gasteiger partial charge in [-0.1, -0.05) is 30.3 Å². The molecule has 1 aromatic carbocycles. The fourth-order valence-corrected chi connectivity index (χ4v) is 4.13. The summed E-state index contributed by atoms with van der Waals surface area (Å²) in [7, 11) is 0. The normalized spacial score (nSPS) is 38.1. The Balaban J connectivity index is 1.32. The van der Waals surface area contributed by atoms with Gasteiger partial charge >= 0.3 is 0 Å². The van der Waals surface area contributed by atoms with Gasteiger partial charge in [0.1, 0.15) is 0 Å². The van der Waals surface area contributed by atoms with Gasteiger partial charge in [-0.05, 0) is 50.8 Å². The second-order valence-electron chi connectivity index (χ2n) is 6.58. The van der Waals surface area contributed by atoms with E-state index in [1.54, 1.807) is 0 Å². The summed E-state index contributed by atoms with van der Waals surface area (Å²) in [6, 6.07) is 13.4. The number of fused-ring (bicyclic) bond motifs is 1. The first-order chi connectivity index (χ1) is 9.40. The van der Waals surface area contributed by atoms with Gasteiger partial charge < -0.3 is 10.2 Å². The molecule has 1 aromatic rings. The lowest BCUT2D eigenvalue weighted by molar-refractivity contribution is 0.166. The summed E-state index contributed by atoms with van der Waals surface area (Å²) < 4.78 is 0. The Morgan fingerprint density at radius 2 is 1.89 bits per heavy atom. The summed E-state index contributed by atoms with van der Waals surface area (Å²) in [6.07, 6.45) is 6.94. The van der Waals surface area contributed by atoms with E-state index < -0.39 is 0 Å². The first-order valence-corrected chi connectivity index (χ1v) is 7.95. The second-order valence-corrected chi connectivity index (χ2v) is 6.58. The Morgan fingerprint density at radius 1 is 1.00 bits per heavy atom. The Kier molecular flexibility index (Phi) is 3.08. The molecule has 2 nitrogen and oxygen atoms in total. The van der Waals surface area contributed by atoms with Crippen LogP contribution in [0.1, 0.15) is 43.6 Å². The van der Waals surface area contributed by atoms with Gasteiger partial charge in [0, 0.05) is 24.0 Å². The molecule has 3 fully saturated rings. The number of piperidine rings is 1. The van der Waals surface area contributed by atoms with Crippen LogP contribution in [0.15, 0.2) is 30.3 Å². The number of rotatable bonds is 3. The number of nitrogens with one attached hydrogen (secondary N) is 1. The molecule has 4 rings (SSSR count). The number of benzene rings is 1. The molecule has 4 unspecified atom stereocenters. The predicted octanol–water partition coefficient (Wildman–Crippen LogP) is 2.76. The summed E-state index contributed by atoms with van der Waals surface area (Å²) in [6.45, 7) is 2.68. The molecule has 0 amide bonds. The summed E-state index contributed by atoms with van der Waals surface area (Å²) in [5.74, 6) is 0.780. The van der Waals surface area contributed by atoms with Crippen molar-refractivity contribution in [1.82, 2.24) is 10.2 Å². The highest BCUT2D eigenvalue weighted by molar-refractivity contribution is 5.27. The maximum absolute atomic E-state index is 3.93. The van der Waals surface area contributed by atoms with E-state index in [1.165, 1.54) is 50.8 Å². The van der Waals surface area contributed by atoms with E-state index in [-0.39, 0.29) is 0 Å². The number of nitrogens with zero attached hydrogens (tertiary/aromatic N) is 1. The molecule has 4 atom stereocenters. The van der Waals surface area contributed by atoms with Crippen LogP contribution in [0.25, 0.3) is 0 Å². The van der Waals surface area contributed by atoms with Gasteiger partial charge in [-0.25, -0.2) is 0 Å². The lowest BCUT2D eigenvalue weighted by atomic mass is 9.97. The smallest absolute Gasteiger partial charge is 0.0145 e. The largest absolute Gasteiger partial charge is 0.310 e. The van der Waals surface area contributed by atoms with Crippen molar-refractivity contribution in [3.05, 3.63) is 35.9 Å². The predicted molar refractivity (Wildman–Crippen MR) is 78.3 cm³/mol. The van der Waals surface area contributed by atoms with Crippen LogP contribution in [0.2, 0.25) is 0 Å². The first kappa shape index (κ1) is 11.9. The fraction of sp³-hybridized carbons (Fsp3) is 0.647. The molecule has 102 valence electrons. The molecule has 3 aliphatic rings. The third kappa shape index (κ3) is 2.44. The Morgan fingerprint density at radius 3 is 2.79 bits per heavy atom. The molecule has 2 heterocycles. The SMILES string of the molecule is c1ccc(C2CC2NC2CCN3CCCC3C2)cc1. The van der Waals surface area contributed by atoms with Crippen molar-refractivity contribution < 1.29 is 0 Å². The van der Waals surface area contributed by atoms with Crippen LogP contribution in [0, 0.1) is 0 Å². The molecular formula is C17H24N2. The molecule has 2 saturated heterocycles. The third-order valence-corrected chi connectivity index (χ3v) is 5.29. The molecule has 0 spiro atoms. The minimum atomic E-state index is 0.750. The average Bonchev–Trinajstić information content (AvgIpc) is 3.06. The number of hydrogen-bond acceptors (Lipinski definition) is 2. The quantitative estimate of drug-likeness (QED) is 0.894. The van der Waals surface area contributed by atoms with Gasteiger partial charge in [0.15, 0.2) is 0 Å². The van der Waals surface area contributed by atoms with Crippen LogP contribution in [0.5, 0.6) is 0 Å². The lowest BCUT2D eigenvalue weighted by Crippen LogP contribution is -2.46. The minimum Gasteiger partial charge on any atom is -0.310 e. The van der Waals surface area contributed by atoms with E-state index in [0.29, 0.717) is 0 Å². The van der Waals surface area contributed by atoms with E-state index in [4.69, 9.17) is 0 Å². The molecule has 19 heavy (non-hydrogen) atoms. The lowest BCUT2D eigenvalue weighted by Gasteiger charge is -2.35. The molecule has 2 aliphatic heterocycles. The first-order valence-electron chi connectivity index (χ1n) is 7.95. The summed E-state index contributed by atoms with van der Waals surface area (Å²) in [4.78, 5) is 2.71. The van der Waals surface area contributed by atoms with E-state index in [2.05, 4.69) is 40.5 Å². The fourth-order valence-electron chi connectivity index (χ4n) is 4.13. The summed E-state index contributed by atoms with van der Waals surface area (Å²) >= 11 is 0. The van der Waals surface area contributed by atoms with Crippen molar-refractivity contribution in [2.45, 2.75) is 56.1 Å². The zero-order valence-corrected chi connectivity index (χ0v) is 11.6. The molecule has 1 saturated carbocycles. The van der Waals surface area contributed by atoms with Crippen molar-refractivity contribution in [3.63, 3.8) is 0 Å². The molecule has 1 aliphatic carbocycles. The van der Waals surface area contributed by atoms with Crippen molar-refractivity contribution in [2.75, 3.05) is 13.1 Å². The van der Waals surface area contributed by atoms with Crippen molar-refractivity contribution >= 4 is 0 Å². The zero-order valence-electron chi connectivity index (χ0n) is 11.6. The van der Waals surface area contributed by atoms with Crippen LogP contribution in [0.3, 0.4) is 0 Å². The Hall–Kier alpha value is -0.860. The average molecular weight is 256 g/mol. The highest BCUT2D eigenvalue weighted by Gasteiger charge is 2.41. The highest BCUT2D eigenvalue weighted by atomic mass is 15.2. The second kappa shape index (κ2) is 4.92. The van der Waals surface area contributed by atoms with Crippen molar-refractivity contribution in [3.8, 4) is 0 Å². The van der Waals surface area contributed by atoms with E-state index in [9.17, 15) is 0 Å². The maximum Gasteiger partial charge on any atom is 0.0145 e. The van der Waals surface area contributed by atoms with Crippen LogP contribution in [-0.2, 0) is 0 Å². The molecule has 0 bridgehead atoms. The van der Waals surface area contributed by atoms with Gasteiger partial charge in [-0.15, -0.1) is 0 Å². The van der Waals surface area contributed by atoms with Crippen LogP contribution in [-0.4, -0.2) is 36.1 Å². The van der Waals surface area contributed by atoms with Crippen molar-refractivity contribution in [2.24, 2.45) is 0 Å². The van der Waals surface area contributed by atoms with E-state index in [1.807, 2.05) is 0 Å². The summed E-state index contributed by atoms with van der Waals surface area (Å²) in [5.41, 5.74) is 1.53. The third-order valence-electron chi connectivity index (χ3n) is 5.29. The molecular weight excluding hydrogens is 232 g/mol. The molecule has 0 aromatic heterocycles. The Labute approximate surface area is 116 Å². The van der Waals surface area contributed by atoms with E-state index in [0.717, 1.165) is 24.0 Å². The van der Waals surface area contributed by atoms with Gasteiger partial charge in [-0.2, -0.15) is 0 Å². The van der Waals surface area contributed by atoms with Crippen molar-refractivity contribution in [1.29, 1.82) is 0 Å². The molecule has 0 radical (unpaired) electrons. The highest BCUT2D eigenvalue weighted by Crippen LogP contribution is 2.41. The van der Waals surface area contributed by atoms with Crippen LogP contribution >= 0.6 is 0 Å². The van der Waals surface area contributed by atoms with Crippen LogP contribution in [0.4, 0.5) is 0 Å². The van der Waals surface area contributed by atoms with Gasteiger partial charge in [0.2, 0.25) is 0 Å². The maximum atomic E-state index is 3.93. The number of hydrogen-bond donors (Lipinski definition) is 1. The molecule has 2 heteroatoms. The monoisotopic (exact) mass is 256 g/mol. The summed E-state index contributed by atoms with van der Waals surface area (Å²) in [5, 5.41) is 3.93. The molecule has 1 N–H and O–H groups in total. The van der Waals surface area contributed by atoms with E-state index >= 15 is 0 Å². The Bertz CT molecular complexity index is 430.